The Kier molecular flexibility index (Phi) is 4.87. The Bertz CT molecular complexity index is 927. The molecule has 0 aliphatic heterocycles. The summed E-state index contributed by atoms with van der Waals surface area (Å²) in [4.78, 5) is 20.2. The van der Waals surface area contributed by atoms with Crippen LogP contribution in [-0.2, 0) is 11.1 Å². The highest BCUT2D eigenvalue weighted by Gasteiger charge is 2.16. The molecule has 1 amide bonds. The third-order valence-corrected chi connectivity index (χ3v) is 3.88. The van der Waals surface area contributed by atoms with Crippen LogP contribution in [0.25, 0.3) is 11.5 Å². The minimum Gasteiger partial charge on any atom is -0.480 e. The summed E-state index contributed by atoms with van der Waals surface area (Å²) in [5.74, 6) is -0.213. The molecule has 0 fully saturated rings. The highest BCUT2D eigenvalue weighted by atomic mass is 32.2. The van der Waals surface area contributed by atoms with Gasteiger partial charge in [-0.2, -0.15) is 0 Å². The van der Waals surface area contributed by atoms with E-state index in [0.717, 1.165) is 5.56 Å². The lowest BCUT2D eigenvalue weighted by Crippen LogP contribution is -2.13. The van der Waals surface area contributed by atoms with Gasteiger partial charge in [0.25, 0.3) is 5.91 Å². The van der Waals surface area contributed by atoms with Crippen molar-refractivity contribution < 1.29 is 22.7 Å². The van der Waals surface area contributed by atoms with E-state index < -0.39 is 17.0 Å². The van der Waals surface area contributed by atoms with Crippen molar-refractivity contribution in [2.45, 2.75) is 4.90 Å². The maximum absolute atomic E-state index is 12.3. The van der Waals surface area contributed by atoms with Gasteiger partial charge in [-0.15, -0.1) is 0 Å². The minimum absolute atomic E-state index is 0.00614. The van der Waals surface area contributed by atoms with E-state index in [1.807, 2.05) is 30.3 Å². The van der Waals surface area contributed by atoms with Crippen LogP contribution in [0.15, 0.2) is 58.2 Å². The van der Waals surface area contributed by atoms with Gasteiger partial charge in [0.1, 0.15) is 11.2 Å². The lowest BCUT2D eigenvalue weighted by molar-refractivity contribution is 0.102. The van der Waals surface area contributed by atoms with E-state index in [2.05, 4.69) is 15.3 Å². The number of aromatic nitrogens is 2. The normalized spacial score (nSPS) is 11.8. The average Bonchev–Trinajstić information content (AvgIpc) is 3.12. The molecule has 0 bridgehead atoms. The van der Waals surface area contributed by atoms with E-state index in [1.165, 1.54) is 25.6 Å². The van der Waals surface area contributed by atoms with E-state index >= 15 is 0 Å². The van der Waals surface area contributed by atoms with Gasteiger partial charge in [0.2, 0.25) is 11.8 Å². The molecule has 1 unspecified atom stereocenters. The first-order chi connectivity index (χ1) is 12.1. The average molecular weight is 359 g/mol. The molecule has 2 N–H and O–H groups in total. The molecule has 0 spiro atoms. The first-order valence-corrected chi connectivity index (χ1v) is 8.16. The van der Waals surface area contributed by atoms with Crippen molar-refractivity contribution in [1.29, 1.82) is 0 Å². The van der Waals surface area contributed by atoms with E-state index in [0.29, 0.717) is 5.89 Å². The summed E-state index contributed by atoms with van der Waals surface area (Å²) in [6.07, 6.45) is 2.55. The quantitative estimate of drug-likeness (QED) is 0.673. The second kappa shape index (κ2) is 7.24. The van der Waals surface area contributed by atoms with Crippen molar-refractivity contribution in [2.24, 2.45) is 0 Å². The number of nitrogens with one attached hydrogen (secondary N) is 1. The molecule has 0 saturated carbocycles. The summed E-state index contributed by atoms with van der Waals surface area (Å²) in [5.41, 5.74) is 1.04. The second-order valence-electron chi connectivity index (χ2n) is 4.84. The van der Waals surface area contributed by atoms with Crippen LogP contribution in [0.1, 0.15) is 10.5 Å². The van der Waals surface area contributed by atoms with Crippen molar-refractivity contribution in [3.63, 3.8) is 0 Å². The third kappa shape index (κ3) is 3.73. The molecule has 0 aliphatic carbocycles. The number of hydrogen-bond acceptors (Lipinski definition) is 6. The number of rotatable bonds is 5. The van der Waals surface area contributed by atoms with E-state index in [1.54, 1.807) is 0 Å². The summed E-state index contributed by atoms with van der Waals surface area (Å²) < 4.78 is 30.8. The second-order valence-corrected chi connectivity index (χ2v) is 5.78. The van der Waals surface area contributed by atoms with Gasteiger partial charge in [-0.25, -0.2) is 14.2 Å². The maximum Gasteiger partial charge on any atom is 0.277 e. The molecule has 9 heteroatoms. The summed E-state index contributed by atoms with van der Waals surface area (Å²) in [6, 6.07) is 10.4. The SMILES string of the molecule is COc1ncc(NC(=O)c2coc(-c3ccccc3)n2)cc1S(=O)O. The van der Waals surface area contributed by atoms with E-state index in [9.17, 15) is 13.6 Å². The minimum atomic E-state index is -2.30. The molecule has 3 rings (SSSR count). The molecule has 0 radical (unpaired) electrons. The fraction of sp³-hybridized carbons (Fsp3) is 0.0625. The number of ether oxygens (including phenoxy) is 1. The summed E-state index contributed by atoms with van der Waals surface area (Å²) in [7, 11) is 1.33. The lowest BCUT2D eigenvalue weighted by Gasteiger charge is -2.07. The molecular weight excluding hydrogens is 346 g/mol. The number of pyridine rings is 1. The molecule has 2 heterocycles. The smallest absolute Gasteiger partial charge is 0.277 e. The van der Waals surface area contributed by atoms with Crippen LogP contribution in [0.4, 0.5) is 5.69 Å². The number of amides is 1. The molecule has 8 nitrogen and oxygen atoms in total. The van der Waals surface area contributed by atoms with Crippen molar-refractivity contribution >= 4 is 22.7 Å². The summed E-state index contributed by atoms with van der Waals surface area (Å²) >= 11 is -2.30. The number of methoxy groups -OCH3 is 1. The predicted octanol–water partition coefficient (Wildman–Crippen LogP) is 2.58. The number of oxazole rings is 1. The van der Waals surface area contributed by atoms with Gasteiger partial charge in [-0.1, -0.05) is 18.2 Å². The van der Waals surface area contributed by atoms with Crippen molar-refractivity contribution in [2.75, 3.05) is 12.4 Å². The molecule has 1 aromatic carbocycles. The van der Waals surface area contributed by atoms with Crippen LogP contribution in [-0.4, -0.2) is 31.7 Å². The monoisotopic (exact) mass is 359 g/mol. The first-order valence-electron chi connectivity index (χ1n) is 7.05. The van der Waals surface area contributed by atoms with Crippen LogP contribution in [0.2, 0.25) is 0 Å². The van der Waals surface area contributed by atoms with Gasteiger partial charge in [0.15, 0.2) is 16.8 Å². The maximum atomic E-state index is 12.3. The topological polar surface area (TPSA) is 115 Å². The Labute approximate surface area is 145 Å². The number of benzene rings is 1. The van der Waals surface area contributed by atoms with Gasteiger partial charge in [0.05, 0.1) is 19.0 Å². The van der Waals surface area contributed by atoms with Gasteiger partial charge in [0, 0.05) is 5.56 Å². The summed E-state index contributed by atoms with van der Waals surface area (Å²) in [6.45, 7) is 0. The van der Waals surface area contributed by atoms with E-state index in [-0.39, 0.29) is 22.2 Å². The van der Waals surface area contributed by atoms with Crippen LogP contribution in [0.5, 0.6) is 5.88 Å². The van der Waals surface area contributed by atoms with Gasteiger partial charge < -0.3 is 19.0 Å². The summed E-state index contributed by atoms with van der Waals surface area (Å²) in [5, 5.41) is 2.54. The Morgan fingerprint density at radius 1 is 1.32 bits per heavy atom. The number of nitrogens with zero attached hydrogens (tertiary/aromatic N) is 2. The first kappa shape index (κ1) is 16.8. The fourth-order valence-corrected chi connectivity index (χ4v) is 2.58. The fourth-order valence-electron chi connectivity index (χ4n) is 2.07. The molecule has 0 aliphatic rings. The molecule has 1 atom stereocenters. The molecule has 128 valence electrons. The Morgan fingerprint density at radius 2 is 2.08 bits per heavy atom. The number of carbonyl (C=O) groups is 1. The Hall–Kier alpha value is -3.04. The molecular formula is C16H13N3O5S. The lowest BCUT2D eigenvalue weighted by atomic mass is 10.2. The van der Waals surface area contributed by atoms with Gasteiger partial charge >= 0.3 is 0 Å². The largest absolute Gasteiger partial charge is 0.480 e. The number of anilines is 1. The number of carbonyl (C=O) groups excluding carboxylic acids is 1. The van der Waals surface area contributed by atoms with Gasteiger partial charge in [-0.05, 0) is 18.2 Å². The van der Waals surface area contributed by atoms with Crippen LogP contribution in [0, 0.1) is 0 Å². The Morgan fingerprint density at radius 3 is 2.76 bits per heavy atom. The van der Waals surface area contributed by atoms with Gasteiger partial charge in [-0.3, -0.25) is 4.79 Å². The highest BCUT2D eigenvalue weighted by Crippen LogP contribution is 2.23. The van der Waals surface area contributed by atoms with Crippen LogP contribution >= 0.6 is 0 Å². The van der Waals surface area contributed by atoms with Crippen molar-refractivity contribution in [3.8, 4) is 17.3 Å². The number of hydrogen-bond donors (Lipinski definition) is 2. The molecule has 3 aromatic rings. The third-order valence-electron chi connectivity index (χ3n) is 3.22. The zero-order chi connectivity index (χ0) is 17.8. The zero-order valence-corrected chi connectivity index (χ0v) is 13.8. The molecule has 0 saturated heterocycles. The zero-order valence-electron chi connectivity index (χ0n) is 13.0. The highest BCUT2D eigenvalue weighted by molar-refractivity contribution is 7.79. The molecule has 2 aromatic heterocycles. The van der Waals surface area contributed by atoms with Crippen LogP contribution < -0.4 is 10.1 Å². The molecule has 25 heavy (non-hydrogen) atoms. The Balaban J connectivity index is 1.80. The van der Waals surface area contributed by atoms with Crippen LogP contribution in [0.3, 0.4) is 0 Å². The van der Waals surface area contributed by atoms with Crippen molar-refractivity contribution in [1.82, 2.24) is 9.97 Å². The standard InChI is InChI=1S/C16H13N3O5S/c1-23-16-13(25(21)22)7-11(8-17-16)18-14(20)12-9-24-15(19-12)10-5-3-2-4-6-10/h2-9H,1H3,(H,18,20)(H,21,22). The van der Waals surface area contributed by atoms with E-state index in [4.69, 9.17) is 9.15 Å². The van der Waals surface area contributed by atoms with Crippen molar-refractivity contribution in [3.05, 3.63) is 54.6 Å². The predicted molar refractivity (Wildman–Crippen MR) is 89.7 cm³/mol.